The molecule has 1 fully saturated rings. The highest BCUT2D eigenvalue weighted by Gasteiger charge is 2.20. The van der Waals surface area contributed by atoms with Gasteiger partial charge in [-0.2, -0.15) is 0 Å². The first-order chi connectivity index (χ1) is 5.00. The zero-order chi connectivity index (χ0) is 8.48. The molecule has 1 saturated heterocycles. The van der Waals surface area contributed by atoms with Crippen molar-refractivity contribution in [3.05, 3.63) is 0 Å². The van der Waals surface area contributed by atoms with Crippen molar-refractivity contribution in [2.24, 2.45) is 0 Å². The van der Waals surface area contributed by atoms with Gasteiger partial charge in [0.2, 0.25) is 0 Å². The Balaban J connectivity index is 2.53. The molecular weight excluding hydrogens is 158 g/mol. The van der Waals surface area contributed by atoms with Gasteiger partial charge in [0.05, 0.1) is 0 Å². The lowest BCUT2D eigenvalue weighted by molar-refractivity contribution is 0.280. The van der Waals surface area contributed by atoms with E-state index in [9.17, 15) is 4.21 Å². The second-order valence-corrected chi connectivity index (χ2v) is 6.38. The molecule has 11 heavy (non-hydrogen) atoms. The summed E-state index contributed by atoms with van der Waals surface area (Å²) in [7, 11) is 0.332. The van der Waals surface area contributed by atoms with Crippen molar-refractivity contribution in [1.29, 1.82) is 0 Å². The molecule has 1 heterocycles. The standard InChI is InChI=1S/C8H17NOS/c1-9-6-4-8(5-7-9)11(2,3)10/h8H,2,4-7H2,1,3H3. The van der Waals surface area contributed by atoms with Crippen molar-refractivity contribution in [2.45, 2.75) is 18.1 Å². The van der Waals surface area contributed by atoms with Crippen LogP contribution in [-0.2, 0) is 9.52 Å². The smallest absolute Gasteiger partial charge is 0.0293 e. The fourth-order valence-corrected chi connectivity index (χ4v) is 2.69. The van der Waals surface area contributed by atoms with Crippen LogP contribution in [0.5, 0.6) is 0 Å². The predicted octanol–water partition coefficient (Wildman–Crippen LogP) is 0.427. The highest BCUT2D eigenvalue weighted by Crippen LogP contribution is 2.15. The summed E-state index contributed by atoms with van der Waals surface area (Å²) in [4.78, 5) is 2.28. The van der Waals surface area contributed by atoms with Crippen molar-refractivity contribution < 1.29 is 4.21 Å². The van der Waals surface area contributed by atoms with E-state index in [1.165, 1.54) is 0 Å². The van der Waals surface area contributed by atoms with Crippen LogP contribution in [0.3, 0.4) is 0 Å². The summed E-state index contributed by atoms with van der Waals surface area (Å²) < 4.78 is 11.5. The van der Waals surface area contributed by atoms with Crippen LogP contribution in [0.15, 0.2) is 0 Å². The molecule has 1 atom stereocenters. The first-order valence-electron chi connectivity index (χ1n) is 4.00. The monoisotopic (exact) mass is 175 g/mol. The van der Waals surface area contributed by atoms with Crippen LogP contribution in [0.4, 0.5) is 0 Å². The number of likely N-dealkylation sites (tertiary alicyclic amines) is 1. The second-order valence-electron chi connectivity index (χ2n) is 3.57. The molecule has 1 unspecified atom stereocenters. The third kappa shape index (κ3) is 2.49. The molecule has 0 N–H and O–H groups in total. The Morgan fingerprint density at radius 2 is 1.91 bits per heavy atom. The third-order valence-corrected chi connectivity index (χ3v) is 4.25. The maximum Gasteiger partial charge on any atom is 0.0293 e. The van der Waals surface area contributed by atoms with E-state index in [2.05, 4.69) is 17.8 Å². The zero-order valence-corrected chi connectivity index (χ0v) is 8.19. The molecule has 1 aliphatic rings. The van der Waals surface area contributed by atoms with Crippen LogP contribution in [0.25, 0.3) is 0 Å². The molecule has 3 heteroatoms. The van der Waals surface area contributed by atoms with E-state index < -0.39 is 9.52 Å². The van der Waals surface area contributed by atoms with Crippen molar-refractivity contribution in [3.8, 4) is 0 Å². The quantitative estimate of drug-likeness (QED) is 0.539. The molecule has 0 radical (unpaired) electrons. The molecule has 66 valence electrons. The van der Waals surface area contributed by atoms with Gasteiger partial charge >= 0.3 is 0 Å². The topological polar surface area (TPSA) is 20.3 Å². The first kappa shape index (κ1) is 9.07. The van der Waals surface area contributed by atoms with E-state index in [-0.39, 0.29) is 0 Å². The Morgan fingerprint density at radius 1 is 1.45 bits per heavy atom. The van der Waals surface area contributed by atoms with E-state index >= 15 is 0 Å². The number of nitrogens with zero attached hydrogens (tertiary/aromatic N) is 1. The van der Waals surface area contributed by atoms with Gasteiger partial charge in [0, 0.05) is 11.5 Å². The molecule has 0 aromatic carbocycles. The Bertz CT molecular complexity index is 212. The van der Waals surface area contributed by atoms with E-state index in [0.29, 0.717) is 5.25 Å². The Kier molecular flexibility index (Phi) is 2.60. The summed E-state index contributed by atoms with van der Waals surface area (Å²) >= 11 is 0. The fourth-order valence-electron chi connectivity index (χ4n) is 1.48. The second kappa shape index (κ2) is 3.15. The van der Waals surface area contributed by atoms with E-state index in [1.54, 1.807) is 6.26 Å². The van der Waals surface area contributed by atoms with Crippen molar-refractivity contribution >= 4 is 15.4 Å². The van der Waals surface area contributed by atoms with Crippen LogP contribution >= 0.6 is 0 Å². The number of piperidine rings is 1. The predicted molar refractivity (Wildman–Crippen MR) is 51.7 cm³/mol. The van der Waals surface area contributed by atoms with Crippen LogP contribution < -0.4 is 0 Å². The van der Waals surface area contributed by atoms with Gasteiger partial charge < -0.3 is 4.90 Å². The highest BCUT2D eigenvalue weighted by molar-refractivity contribution is 8.00. The van der Waals surface area contributed by atoms with Gasteiger partial charge in [-0.05, 0) is 48.4 Å². The fraction of sp³-hybridized carbons (Fsp3) is 0.875. The van der Waals surface area contributed by atoms with Gasteiger partial charge in [0.1, 0.15) is 0 Å². The molecule has 1 aliphatic heterocycles. The van der Waals surface area contributed by atoms with Gasteiger partial charge in [0.25, 0.3) is 0 Å². The van der Waals surface area contributed by atoms with Crippen LogP contribution in [0, 0.1) is 0 Å². The van der Waals surface area contributed by atoms with Gasteiger partial charge in [0.15, 0.2) is 0 Å². The van der Waals surface area contributed by atoms with Crippen molar-refractivity contribution in [2.75, 3.05) is 26.4 Å². The molecular formula is C8H17NOS. The molecule has 0 aromatic rings. The lowest BCUT2D eigenvalue weighted by Gasteiger charge is -2.29. The van der Waals surface area contributed by atoms with Gasteiger partial charge in [-0.25, -0.2) is 0 Å². The lowest BCUT2D eigenvalue weighted by atomic mass is 10.1. The molecule has 2 nitrogen and oxygen atoms in total. The summed E-state index contributed by atoms with van der Waals surface area (Å²) in [6, 6.07) is 0. The van der Waals surface area contributed by atoms with Gasteiger partial charge in [-0.15, -0.1) is 0 Å². The summed E-state index contributed by atoms with van der Waals surface area (Å²) in [5.41, 5.74) is 0. The summed E-state index contributed by atoms with van der Waals surface area (Å²) in [5.74, 6) is 3.73. The van der Waals surface area contributed by atoms with Crippen molar-refractivity contribution in [3.63, 3.8) is 0 Å². The zero-order valence-electron chi connectivity index (χ0n) is 7.38. The lowest BCUT2D eigenvalue weighted by Crippen LogP contribution is -2.36. The summed E-state index contributed by atoms with van der Waals surface area (Å²) in [5, 5.41) is 0.360. The SMILES string of the molecule is C=S(C)(=O)C1CCN(C)CC1. The molecule has 1 rings (SSSR count). The molecule has 0 spiro atoms. The third-order valence-electron chi connectivity index (χ3n) is 2.37. The van der Waals surface area contributed by atoms with Crippen LogP contribution in [-0.4, -0.2) is 46.6 Å². The van der Waals surface area contributed by atoms with Gasteiger partial charge in [-0.1, -0.05) is 0 Å². The number of rotatable bonds is 1. The molecule has 0 bridgehead atoms. The van der Waals surface area contributed by atoms with Crippen LogP contribution in [0.1, 0.15) is 12.8 Å². The Labute approximate surface area is 69.6 Å². The Morgan fingerprint density at radius 3 is 2.27 bits per heavy atom. The Hall–Kier alpha value is -0.0200. The average Bonchev–Trinajstić information content (AvgIpc) is 1.86. The molecule has 0 saturated carbocycles. The van der Waals surface area contributed by atoms with E-state index in [1.807, 2.05) is 0 Å². The van der Waals surface area contributed by atoms with E-state index in [4.69, 9.17) is 0 Å². The van der Waals surface area contributed by atoms with Crippen molar-refractivity contribution in [1.82, 2.24) is 4.90 Å². The number of hydrogen-bond donors (Lipinski definition) is 0. The first-order valence-corrected chi connectivity index (χ1v) is 6.19. The molecule has 0 aliphatic carbocycles. The van der Waals surface area contributed by atoms with E-state index in [0.717, 1.165) is 25.9 Å². The number of hydrogen-bond acceptors (Lipinski definition) is 2. The minimum atomic E-state index is -1.78. The summed E-state index contributed by atoms with van der Waals surface area (Å²) in [6.07, 6.45) is 3.88. The molecule has 0 amide bonds. The highest BCUT2D eigenvalue weighted by atomic mass is 32.2. The largest absolute Gasteiger partial charge is 0.306 e. The maximum atomic E-state index is 11.5. The van der Waals surface area contributed by atoms with Gasteiger partial charge in [-0.3, -0.25) is 4.21 Å². The average molecular weight is 175 g/mol. The molecule has 0 aromatic heterocycles. The maximum absolute atomic E-state index is 11.5. The van der Waals surface area contributed by atoms with Crippen LogP contribution in [0.2, 0.25) is 0 Å². The minimum absolute atomic E-state index is 0.360. The normalized spacial score (nSPS) is 28.2. The summed E-state index contributed by atoms with van der Waals surface area (Å²) in [6.45, 7) is 2.15. The minimum Gasteiger partial charge on any atom is -0.306 e.